The first-order chi connectivity index (χ1) is 10.9. The van der Waals surface area contributed by atoms with E-state index in [9.17, 15) is 10.1 Å². The largest absolute Gasteiger partial charge is 0.322 e. The predicted molar refractivity (Wildman–Crippen MR) is 86.6 cm³/mol. The van der Waals surface area contributed by atoms with E-state index in [-0.39, 0.29) is 5.69 Å². The van der Waals surface area contributed by atoms with E-state index in [1.807, 2.05) is 13.8 Å². The Morgan fingerprint density at radius 2 is 1.83 bits per heavy atom. The van der Waals surface area contributed by atoms with Crippen LogP contribution in [-0.4, -0.2) is 19.9 Å². The smallest absolute Gasteiger partial charge is 0.288 e. The summed E-state index contributed by atoms with van der Waals surface area (Å²) in [6, 6.07) is 5.04. The SMILES string of the molecule is CC(C)(N)c1cnc(-c2ccc3cnccc3c2[N+](=O)[O-])nc1. The van der Waals surface area contributed by atoms with Gasteiger partial charge in [-0.05, 0) is 26.0 Å². The number of nitrogens with zero attached hydrogens (tertiary/aromatic N) is 4. The van der Waals surface area contributed by atoms with Crippen molar-refractivity contribution in [1.82, 2.24) is 15.0 Å². The van der Waals surface area contributed by atoms with Gasteiger partial charge in [0, 0.05) is 41.3 Å². The second-order valence-corrected chi connectivity index (χ2v) is 5.83. The molecule has 116 valence electrons. The molecule has 7 heteroatoms. The number of benzene rings is 1. The van der Waals surface area contributed by atoms with E-state index in [0.717, 1.165) is 5.56 Å². The summed E-state index contributed by atoms with van der Waals surface area (Å²) in [4.78, 5) is 23.6. The highest BCUT2D eigenvalue weighted by Gasteiger charge is 2.22. The molecule has 0 unspecified atom stereocenters. The second kappa shape index (κ2) is 5.36. The van der Waals surface area contributed by atoms with Gasteiger partial charge in [0.1, 0.15) is 0 Å². The molecular formula is C16H15N5O2. The predicted octanol–water partition coefficient (Wildman–Crippen LogP) is 2.79. The number of nitrogens with two attached hydrogens (primary N) is 1. The van der Waals surface area contributed by atoms with Crippen LogP contribution in [0.15, 0.2) is 43.0 Å². The minimum Gasteiger partial charge on any atom is -0.322 e. The highest BCUT2D eigenvalue weighted by molar-refractivity contribution is 5.96. The number of aromatic nitrogens is 3. The molecule has 2 N–H and O–H groups in total. The molecule has 1 aromatic carbocycles. The molecule has 0 atom stereocenters. The van der Waals surface area contributed by atoms with Crippen molar-refractivity contribution in [3.05, 3.63) is 58.7 Å². The average molecular weight is 309 g/mol. The van der Waals surface area contributed by atoms with Crippen LogP contribution in [0.1, 0.15) is 19.4 Å². The van der Waals surface area contributed by atoms with Crippen LogP contribution in [0, 0.1) is 10.1 Å². The highest BCUT2D eigenvalue weighted by atomic mass is 16.6. The van der Waals surface area contributed by atoms with Crippen molar-refractivity contribution in [3.63, 3.8) is 0 Å². The fourth-order valence-electron chi connectivity index (χ4n) is 2.33. The first-order valence-corrected chi connectivity index (χ1v) is 7.01. The molecule has 0 aliphatic heterocycles. The van der Waals surface area contributed by atoms with Crippen LogP contribution in [0.25, 0.3) is 22.2 Å². The van der Waals surface area contributed by atoms with E-state index in [4.69, 9.17) is 5.73 Å². The van der Waals surface area contributed by atoms with Gasteiger partial charge in [0.25, 0.3) is 5.69 Å². The van der Waals surface area contributed by atoms with E-state index in [1.165, 1.54) is 6.20 Å². The van der Waals surface area contributed by atoms with Gasteiger partial charge in [-0.25, -0.2) is 9.97 Å². The Bertz CT molecular complexity index is 885. The Hall–Kier alpha value is -2.93. The first kappa shape index (κ1) is 15.0. The molecule has 23 heavy (non-hydrogen) atoms. The maximum absolute atomic E-state index is 11.5. The molecule has 0 amide bonds. The molecule has 2 aromatic heterocycles. The van der Waals surface area contributed by atoms with Crippen molar-refractivity contribution < 1.29 is 4.92 Å². The molecule has 7 nitrogen and oxygen atoms in total. The molecule has 0 spiro atoms. The van der Waals surface area contributed by atoms with Crippen molar-refractivity contribution in [3.8, 4) is 11.4 Å². The zero-order valence-electron chi connectivity index (χ0n) is 12.7. The molecule has 0 fully saturated rings. The van der Waals surface area contributed by atoms with Gasteiger partial charge in [0.2, 0.25) is 0 Å². The van der Waals surface area contributed by atoms with Crippen LogP contribution in [0.3, 0.4) is 0 Å². The third kappa shape index (κ3) is 2.74. The zero-order chi connectivity index (χ0) is 16.6. The Labute approximate surface area is 132 Å². The number of hydrogen-bond donors (Lipinski definition) is 1. The first-order valence-electron chi connectivity index (χ1n) is 7.01. The van der Waals surface area contributed by atoms with Gasteiger partial charge in [0.15, 0.2) is 5.82 Å². The van der Waals surface area contributed by atoms with E-state index in [1.54, 1.807) is 36.8 Å². The fraction of sp³-hybridized carbons (Fsp3) is 0.188. The molecule has 0 bridgehead atoms. The quantitative estimate of drug-likeness (QED) is 0.588. The van der Waals surface area contributed by atoms with E-state index in [0.29, 0.717) is 22.2 Å². The molecular weight excluding hydrogens is 294 g/mol. The second-order valence-electron chi connectivity index (χ2n) is 5.83. The summed E-state index contributed by atoms with van der Waals surface area (Å²) < 4.78 is 0. The van der Waals surface area contributed by atoms with Crippen molar-refractivity contribution >= 4 is 16.5 Å². The van der Waals surface area contributed by atoms with Crippen molar-refractivity contribution in [2.45, 2.75) is 19.4 Å². The number of rotatable bonds is 3. The van der Waals surface area contributed by atoms with Crippen LogP contribution >= 0.6 is 0 Å². The molecule has 0 aliphatic carbocycles. The molecule has 0 aliphatic rings. The zero-order valence-corrected chi connectivity index (χ0v) is 12.7. The minimum atomic E-state index is -0.570. The Morgan fingerprint density at radius 1 is 1.13 bits per heavy atom. The van der Waals surface area contributed by atoms with Crippen LogP contribution in [0.4, 0.5) is 5.69 Å². The summed E-state index contributed by atoms with van der Waals surface area (Å²) >= 11 is 0. The number of hydrogen-bond acceptors (Lipinski definition) is 6. The fourth-order valence-corrected chi connectivity index (χ4v) is 2.33. The number of nitro groups is 1. The summed E-state index contributed by atoms with van der Waals surface area (Å²) in [5.74, 6) is 0.295. The normalized spacial score (nSPS) is 11.6. The van der Waals surface area contributed by atoms with Gasteiger partial charge in [-0.3, -0.25) is 15.1 Å². The van der Waals surface area contributed by atoms with Crippen molar-refractivity contribution in [2.75, 3.05) is 0 Å². The van der Waals surface area contributed by atoms with E-state index >= 15 is 0 Å². The van der Waals surface area contributed by atoms with Gasteiger partial charge < -0.3 is 5.73 Å². The topological polar surface area (TPSA) is 108 Å². The average Bonchev–Trinajstić information content (AvgIpc) is 2.53. The summed E-state index contributed by atoms with van der Waals surface area (Å²) in [5, 5.41) is 12.8. The van der Waals surface area contributed by atoms with E-state index < -0.39 is 10.5 Å². The molecule has 3 rings (SSSR count). The molecule has 3 aromatic rings. The summed E-state index contributed by atoms with van der Waals surface area (Å²) in [6.45, 7) is 3.69. The lowest BCUT2D eigenvalue weighted by Crippen LogP contribution is -2.28. The third-order valence-corrected chi connectivity index (χ3v) is 3.61. The van der Waals surface area contributed by atoms with Gasteiger partial charge in [-0.1, -0.05) is 6.07 Å². The number of fused-ring (bicyclic) bond motifs is 1. The Balaban J connectivity index is 2.20. The summed E-state index contributed by atoms with van der Waals surface area (Å²) in [6.07, 6.45) is 6.32. The maximum Gasteiger partial charge on any atom is 0.288 e. The third-order valence-electron chi connectivity index (χ3n) is 3.61. The standard InChI is InChI=1S/C16H15N5O2/c1-16(2,17)11-8-19-15(20-9-11)13-4-3-10-7-18-6-5-12(10)14(13)21(22)23/h3-9H,17H2,1-2H3. The van der Waals surface area contributed by atoms with E-state index in [2.05, 4.69) is 15.0 Å². The van der Waals surface area contributed by atoms with Crippen LogP contribution < -0.4 is 5.73 Å². The number of pyridine rings is 1. The minimum absolute atomic E-state index is 0.0235. The van der Waals surface area contributed by atoms with Crippen LogP contribution in [0.5, 0.6) is 0 Å². The lowest BCUT2D eigenvalue weighted by Gasteiger charge is -2.18. The van der Waals surface area contributed by atoms with Gasteiger partial charge >= 0.3 is 0 Å². The summed E-state index contributed by atoms with van der Waals surface area (Å²) in [7, 11) is 0. The lowest BCUT2D eigenvalue weighted by atomic mass is 9.99. The molecule has 0 saturated heterocycles. The maximum atomic E-state index is 11.5. The molecule has 2 heterocycles. The monoisotopic (exact) mass is 309 g/mol. The molecule has 0 radical (unpaired) electrons. The van der Waals surface area contributed by atoms with Crippen LogP contribution in [-0.2, 0) is 5.54 Å². The highest BCUT2D eigenvalue weighted by Crippen LogP contribution is 2.34. The van der Waals surface area contributed by atoms with Crippen molar-refractivity contribution in [2.24, 2.45) is 5.73 Å². The lowest BCUT2D eigenvalue weighted by molar-refractivity contribution is -0.382. The van der Waals surface area contributed by atoms with Gasteiger partial charge in [0.05, 0.1) is 15.9 Å². The van der Waals surface area contributed by atoms with Crippen molar-refractivity contribution in [1.29, 1.82) is 0 Å². The molecule has 0 saturated carbocycles. The van der Waals surface area contributed by atoms with Crippen LogP contribution in [0.2, 0.25) is 0 Å². The summed E-state index contributed by atoms with van der Waals surface area (Å²) in [5.41, 5.74) is 6.54. The number of nitro benzene ring substituents is 1. The van der Waals surface area contributed by atoms with Gasteiger partial charge in [-0.15, -0.1) is 0 Å². The Morgan fingerprint density at radius 3 is 2.43 bits per heavy atom. The van der Waals surface area contributed by atoms with Gasteiger partial charge in [-0.2, -0.15) is 0 Å². The Kier molecular flexibility index (Phi) is 3.49.